The van der Waals surface area contributed by atoms with E-state index >= 15 is 0 Å². The number of fused-ring (bicyclic) bond motifs is 3. The van der Waals surface area contributed by atoms with Crippen LogP contribution in [0, 0.1) is 12.8 Å². The average Bonchev–Trinajstić information content (AvgIpc) is 3.32. The molecule has 1 fully saturated rings. The van der Waals surface area contributed by atoms with Gasteiger partial charge in [0.25, 0.3) is 0 Å². The Bertz CT molecular complexity index is 1800. The van der Waals surface area contributed by atoms with Crippen molar-refractivity contribution >= 4 is 52.4 Å². The lowest BCUT2D eigenvalue weighted by Gasteiger charge is -2.39. The molecule has 1 saturated heterocycles. The first-order valence-corrected chi connectivity index (χ1v) is 15.8. The van der Waals surface area contributed by atoms with Crippen molar-refractivity contribution < 1.29 is 37.0 Å². The van der Waals surface area contributed by atoms with Crippen LogP contribution in [-0.2, 0) is 27.0 Å². The summed E-state index contributed by atoms with van der Waals surface area (Å²) in [4.78, 5) is 51.1. The van der Waals surface area contributed by atoms with E-state index in [0.717, 1.165) is 22.6 Å². The predicted molar refractivity (Wildman–Crippen MR) is 175 cm³/mol. The monoisotopic (exact) mass is 685 g/mol. The first-order chi connectivity index (χ1) is 22.5. The van der Waals surface area contributed by atoms with Crippen molar-refractivity contribution in [2.45, 2.75) is 58.5 Å². The summed E-state index contributed by atoms with van der Waals surface area (Å²) in [5, 5.41) is 0.374. The minimum atomic E-state index is -4.67. The van der Waals surface area contributed by atoms with Crippen molar-refractivity contribution in [2.75, 3.05) is 46.3 Å². The van der Waals surface area contributed by atoms with E-state index in [0.29, 0.717) is 41.0 Å². The fourth-order valence-electron chi connectivity index (χ4n) is 6.50. The third-order valence-electron chi connectivity index (χ3n) is 8.50. The molecule has 3 aromatic rings. The zero-order valence-electron chi connectivity index (χ0n) is 27.1. The Morgan fingerprint density at radius 3 is 2.54 bits per heavy atom. The molecular formula is C34H35ClF3N5O5. The second-order valence-electron chi connectivity index (χ2n) is 13.2. The molecule has 0 saturated carbocycles. The van der Waals surface area contributed by atoms with Crippen LogP contribution in [0.2, 0.25) is 5.02 Å². The molecule has 6 rings (SSSR count). The zero-order chi connectivity index (χ0) is 34.7. The van der Waals surface area contributed by atoms with Gasteiger partial charge in [-0.3, -0.25) is 19.4 Å². The first-order valence-electron chi connectivity index (χ1n) is 15.5. The van der Waals surface area contributed by atoms with E-state index < -0.39 is 47.2 Å². The van der Waals surface area contributed by atoms with Crippen LogP contribution in [0.5, 0.6) is 5.75 Å². The number of rotatable bonds is 3. The molecule has 0 radical (unpaired) electrons. The molecule has 10 nitrogen and oxygen atoms in total. The Hall–Kier alpha value is -4.52. The number of aromatic nitrogens is 1. The lowest BCUT2D eigenvalue weighted by atomic mass is 9.95. The molecule has 2 aromatic carbocycles. The largest absolute Gasteiger partial charge is 0.490 e. The SMILES string of the molecule is Cc1cc(C(F)(F)F)cc(N2C(=O)C[C@@H]3CN(Cc4ccc5c(c4)N(C(=O)OC(C)(C)C)CCO5)c4c(Cl)cccc4N(C)C(=O)[C@H]32)n1. The summed E-state index contributed by atoms with van der Waals surface area (Å²) in [6.45, 7) is 7.81. The van der Waals surface area contributed by atoms with Gasteiger partial charge in [0.05, 0.1) is 34.2 Å². The third kappa shape index (κ3) is 6.35. The van der Waals surface area contributed by atoms with E-state index in [1.54, 1.807) is 52.1 Å². The molecule has 0 spiro atoms. The minimum Gasteiger partial charge on any atom is -0.490 e. The van der Waals surface area contributed by atoms with Gasteiger partial charge in [-0.25, -0.2) is 9.78 Å². The number of anilines is 4. The molecule has 0 aliphatic carbocycles. The molecule has 0 N–H and O–H groups in total. The summed E-state index contributed by atoms with van der Waals surface area (Å²) in [5.41, 5.74) is 0.758. The topological polar surface area (TPSA) is 95.5 Å². The Balaban J connectivity index is 1.39. The van der Waals surface area contributed by atoms with Crippen molar-refractivity contribution in [3.63, 3.8) is 0 Å². The molecule has 4 heterocycles. The number of amides is 3. The molecule has 3 aliphatic rings. The molecular weight excluding hydrogens is 651 g/mol. The quantitative estimate of drug-likeness (QED) is 0.307. The van der Waals surface area contributed by atoms with Gasteiger partial charge in [0.2, 0.25) is 11.8 Å². The van der Waals surface area contributed by atoms with Gasteiger partial charge in [0, 0.05) is 38.2 Å². The number of carbonyl (C=O) groups excluding carboxylic acids is 3. The number of pyridine rings is 1. The summed E-state index contributed by atoms with van der Waals surface area (Å²) < 4.78 is 52.8. The van der Waals surface area contributed by atoms with E-state index in [-0.39, 0.29) is 31.0 Å². The number of alkyl halides is 3. The van der Waals surface area contributed by atoms with Gasteiger partial charge in [-0.15, -0.1) is 0 Å². The lowest BCUT2D eigenvalue weighted by molar-refractivity contribution is -0.137. The molecule has 14 heteroatoms. The molecule has 3 aliphatic heterocycles. The normalized spacial score (nSPS) is 19.7. The predicted octanol–water partition coefficient (Wildman–Crippen LogP) is 6.60. The van der Waals surface area contributed by atoms with Crippen LogP contribution >= 0.6 is 11.6 Å². The van der Waals surface area contributed by atoms with Crippen LogP contribution in [0.4, 0.5) is 40.8 Å². The molecule has 254 valence electrons. The first kappa shape index (κ1) is 33.4. The lowest BCUT2D eigenvalue weighted by Crippen LogP contribution is -2.52. The van der Waals surface area contributed by atoms with Crippen LogP contribution in [-0.4, -0.2) is 61.3 Å². The molecule has 0 unspecified atom stereocenters. The highest BCUT2D eigenvalue weighted by atomic mass is 35.5. The molecule has 0 bridgehead atoms. The van der Waals surface area contributed by atoms with E-state index in [9.17, 15) is 27.6 Å². The molecule has 1 aromatic heterocycles. The van der Waals surface area contributed by atoms with Gasteiger partial charge in [-0.2, -0.15) is 13.2 Å². The summed E-state index contributed by atoms with van der Waals surface area (Å²) in [6, 6.07) is 11.2. The number of benzene rings is 2. The van der Waals surface area contributed by atoms with Crippen molar-refractivity contribution in [3.8, 4) is 5.75 Å². The number of hydrogen-bond acceptors (Lipinski definition) is 7. The van der Waals surface area contributed by atoms with Crippen molar-refractivity contribution in [1.82, 2.24) is 4.98 Å². The fraction of sp³-hybridized carbons (Fsp3) is 0.412. The van der Waals surface area contributed by atoms with Gasteiger partial charge < -0.3 is 19.3 Å². The van der Waals surface area contributed by atoms with E-state index in [1.165, 1.54) is 16.7 Å². The van der Waals surface area contributed by atoms with Gasteiger partial charge in [0.15, 0.2) is 0 Å². The van der Waals surface area contributed by atoms with E-state index in [1.807, 2.05) is 17.0 Å². The maximum Gasteiger partial charge on any atom is 0.416 e. The van der Waals surface area contributed by atoms with Crippen molar-refractivity contribution in [2.24, 2.45) is 5.92 Å². The highest BCUT2D eigenvalue weighted by Crippen LogP contribution is 2.44. The Labute approximate surface area is 281 Å². The van der Waals surface area contributed by atoms with Crippen LogP contribution in [0.3, 0.4) is 0 Å². The standard InChI is InChI=1S/C34H35ClF3N5O5/c1-19-13-22(34(36,37)38)16-27(39-19)43-28(44)15-21-18-41(30-23(35)7-6-8-24(30)40(5)31(45)29(21)43)17-20-9-10-26-25(14-20)42(11-12-47-26)32(46)48-33(2,3)4/h6-10,13-14,16,21,29H,11-12,15,17-18H2,1-5H3/t21-,29+/m1/s1. The Morgan fingerprint density at radius 1 is 1.08 bits per heavy atom. The number of aryl methyl sites for hydroxylation is 1. The Morgan fingerprint density at radius 2 is 1.83 bits per heavy atom. The van der Waals surface area contributed by atoms with Crippen molar-refractivity contribution in [3.05, 3.63) is 70.4 Å². The van der Waals surface area contributed by atoms with E-state index in [4.69, 9.17) is 21.1 Å². The van der Waals surface area contributed by atoms with Crippen LogP contribution < -0.4 is 24.3 Å². The number of ether oxygens (including phenoxy) is 2. The fourth-order valence-corrected chi connectivity index (χ4v) is 6.79. The number of carbonyl (C=O) groups is 3. The molecule has 2 atom stereocenters. The number of nitrogens with zero attached hydrogens (tertiary/aromatic N) is 5. The van der Waals surface area contributed by atoms with Gasteiger partial charge in [-0.1, -0.05) is 23.7 Å². The second kappa shape index (κ2) is 12.2. The van der Waals surface area contributed by atoms with Gasteiger partial charge in [-0.05, 0) is 69.7 Å². The second-order valence-corrected chi connectivity index (χ2v) is 13.6. The summed E-state index contributed by atoms with van der Waals surface area (Å²) >= 11 is 6.79. The summed E-state index contributed by atoms with van der Waals surface area (Å²) in [5.74, 6) is -1.29. The minimum absolute atomic E-state index is 0.0679. The van der Waals surface area contributed by atoms with Crippen LogP contribution in [0.25, 0.3) is 0 Å². The highest BCUT2D eigenvalue weighted by molar-refractivity contribution is 6.34. The number of para-hydroxylation sites is 1. The highest BCUT2D eigenvalue weighted by Gasteiger charge is 2.49. The maximum absolute atomic E-state index is 14.1. The number of likely N-dealkylation sites (N-methyl/N-ethyl adjacent to an activating group) is 1. The van der Waals surface area contributed by atoms with Crippen LogP contribution in [0.1, 0.15) is 44.0 Å². The number of halogens is 4. The summed E-state index contributed by atoms with van der Waals surface area (Å²) in [6.07, 6.45) is -5.27. The smallest absolute Gasteiger partial charge is 0.416 e. The van der Waals surface area contributed by atoms with Gasteiger partial charge >= 0.3 is 12.3 Å². The number of hydrogen-bond donors (Lipinski definition) is 0. The average molecular weight is 686 g/mol. The van der Waals surface area contributed by atoms with E-state index in [2.05, 4.69) is 4.98 Å². The third-order valence-corrected chi connectivity index (χ3v) is 8.80. The Kier molecular flexibility index (Phi) is 8.47. The summed E-state index contributed by atoms with van der Waals surface area (Å²) in [7, 11) is 1.55. The molecule has 3 amide bonds. The van der Waals surface area contributed by atoms with Crippen LogP contribution in [0.15, 0.2) is 48.5 Å². The molecule has 48 heavy (non-hydrogen) atoms. The van der Waals surface area contributed by atoms with Crippen molar-refractivity contribution in [1.29, 1.82) is 0 Å². The van der Waals surface area contributed by atoms with Gasteiger partial charge in [0.1, 0.15) is 29.8 Å². The maximum atomic E-state index is 14.1. The zero-order valence-corrected chi connectivity index (χ0v) is 27.9.